The highest BCUT2D eigenvalue weighted by molar-refractivity contribution is 7.99. The third-order valence-corrected chi connectivity index (χ3v) is 5.72. The quantitative estimate of drug-likeness (QED) is 0.583. The summed E-state index contributed by atoms with van der Waals surface area (Å²) in [7, 11) is -3.36. The Kier molecular flexibility index (Phi) is 6.10. The van der Waals surface area contributed by atoms with Crippen molar-refractivity contribution in [3.8, 4) is 11.5 Å². The fourth-order valence-electron chi connectivity index (χ4n) is 2.22. The lowest BCUT2D eigenvalue weighted by Gasteiger charge is -2.02. The maximum atomic E-state index is 12.9. The Labute approximate surface area is 165 Å². The van der Waals surface area contributed by atoms with Gasteiger partial charge in [0.05, 0.1) is 4.90 Å². The molecule has 1 amide bonds. The van der Waals surface area contributed by atoms with Gasteiger partial charge in [0.2, 0.25) is 11.8 Å². The van der Waals surface area contributed by atoms with Crippen molar-refractivity contribution in [1.29, 1.82) is 0 Å². The molecule has 0 unspecified atom stereocenters. The number of aromatic nitrogens is 2. The van der Waals surface area contributed by atoms with E-state index in [0.29, 0.717) is 11.3 Å². The second kappa shape index (κ2) is 8.53. The summed E-state index contributed by atoms with van der Waals surface area (Å²) in [4.78, 5) is 13.0. The fraction of sp³-hybridized carbons (Fsp3) is 0.167. The topological polar surface area (TPSA) is 102 Å². The minimum absolute atomic E-state index is 0.0726. The number of nitrogens with zero attached hydrogens (tertiary/aromatic N) is 2. The van der Waals surface area contributed by atoms with Crippen molar-refractivity contribution >= 4 is 33.5 Å². The van der Waals surface area contributed by atoms with Gasteiger partial charge in [0.25, 0.3) is 0 Å². The van der Waals surface area contributed by atoms with Crippen molar-refractivity contribution in [2.75, 3.05) is 17.3 Å². The van der Waals surface area contributed by atoms with Crippen LogP contribution in [0.5, 0.6) is 0 Å². The second-order valence-corrected chi connectivity index (χ2v) is 9.00. The highest BCUT2D eigenvalue weighted by Crippen LogP contribution is 2.23. The van der Waals surface area contributed by atoms with E-state index >= 15 is 0 Å². The standard InChI is InChI=1S/C18H16FN3O4S2/c1-28(24,25)15-4-2-3-12(11-15)17-21-22-18(26-17)20-16(23)9-10-27-14-7-5-13(19)6-8-14/h2-8,11H,9-10H2,1H3,(H,20,22,23). The molecule has 3 rings (SSSR count). The summed E-state index contributed by atoms with van der Waals surface area (Å²) in [5.74, 6) is -0.0259. The van der Waals surface area contributed by atoms with Gasteiger partial charge in [-0.25, -0.2) is 12.8 Å². The molecule has 0 bridgehead atoms. The molecule has 0 aliphatic heterocycles. The first-order valence-electron chi connectivity index (χ1n) is 8.13. The van der Waals surface area contributed by atoms with Crippen LogP contribution in [0.4, 0.5) is 10.4 Å². The van der Waals surface area contributed by atoms with Crippen LogP contribution in [0.1, 0.15) is 6.42 Å². The zero-order valence-electron chi connectivity index (χ0n) is 14.8. The van der Waals surface area contributed by atoms with E-state index in [9.17, 15) is 17.6 Å². The number of sulfone groups is 1. The zero-order valence-corrected chi connectivity index (χ0v) is 16.4. The summed E-state index contributed by atoms with van der Waals surface area (Å²) in [5.41, 5.74) is 0.433. The smallest absolute Gasteiger partial charge is 0.322 e. The lowest BCUT2D eigenvalue weighted by molar-refractivity contribution is -0.115. The Hall–Kier alpha value is -2.72. The highest BCUT2D eigenvalue weighted by atomic mass is 32.2. The number of hydrogen-bond donors (Lipinski definition) is 1. The second-order valence-electron chi connectivity index (χ2n) is 5.81. The molecule has 1 aromatic heterocycles. The number of rotatable bonds is 7. The Morgan fingerprint density at radius 1 is 1.18 bits per heavy atom. The van der Waals surface area contributed by atoms with Crippen molar-refractivity contribution in [2.45, 2.75) is 16.2 Å². The summed E-state index contributed by atoms with van der Waals surface area (Å²) in [5, 5.41) is 10.1. The Morgan fingerprint density at radius 3 is 2.64 bits per heavy atom. The molecule has 3 aromatic rings. The molecule has 146 valence electrons. The van der Waals surface area contributed by atoms with Crippen LogP contribution in [0, 0.1) is 5.82 Å². The van der Waals surface area contributed by atoms with E-state index in [4.69, 9.17) is 4.42 Å². The predicted molar refractivity (Wildman–Crippen MR) is 103 cm³/mol. The SMILES string of the molecule is CS(=O)(=O)c1cccc(-c2nnc(NC(=O)CCSc3ccc(F)cc3)o2)c1. The third-order valence-electron chi connectivity index (χ3n) is 3.59. The maximum absolute atomic E-state index is 12.9. The van der Waals surface area contributed by atoms with Crippen LogP contribution >= 0.6 is 11.8 Å². The summed E-state index contributed by atoms with van der Waals surface area (Å²) in [6, 6.07) is 12.0. The molecule has 0 spiro atoms. The van der Waals surface area contributed by atoms with Gasteiger partial charge in [-0.1, -0.05) is 11.2 Å². The first-order chi connectivity index (χ1) is 13.3. The lowest BCUT2D eigenvalue weighted by Crippen LogP contribution is -2.12. The zero-order chi connectivity index (χ0) is 20.1. The average molecular weight is 421 g/mol. The van der Waals surface area contributed by atoms with E-state index in [1.165, 1.54) is 36.0 Å². The number of carbonyl (C=O) groups excluding carboxylic acids is 1. The van der Waals surface area contributed by atoms with Gasteiger partial charge in [-0.3, -0.25) is 10.1 Å². The molecule has 0 saturated carbocycles. The number of halogens is 1. The Bertz CT molecular complexity index is 1080. The van der Waals surface area contributed by atoms with Crippen LogP contribution in [-0.2, 0) is 14.6 Å². The van der Waals surface area contributed by atoms with E-state index in [1.807, 2.05) is 0 Å². The minimum Gasteiger partial charge on any atom is -0.403 e. The molecular formula is C18H16FN3O4S2. The highest BCUT2D eigenvalue weighted by Gasteiger charge is 2.14. The largest absolute Gasteiger partial charge is 0.403 e. The number of anilines is 1. The number of carbonyl (C=O) groups is 1. The summed E-state index contributed by atoms with van der Waals surface area (Å²) >= 11 is 1.42. The van der Waals surface area contributed by atoms with Crippen molar-refractivity contribution in [1.82, 2.24) is 10.2 Å². The fourth-order valence-corrected chi connectivity index (χ4v) is 3.74. The molecule has 1 N–H and O–H groups in total. The van der Waals surface area contributed by atoms with Gasteiger partial charge in [0, 0.05) is 28.9 Å². The Balaban J connectivity index is 1.57. The number of benzene rings is 2. The Morgan fingerprint density at radius 2 is 1.93 bits per heavy atom. The van der Waals surface area contributed by atoms with E-state index < -0.39 is 9.84 Å². The maximum Gasteiger partial charge on any atom is 0.322 e. The first-order valence-corrected chi connectivity index (χ1v) is 11.0. The van der Waals surface area contributed by atoms with E-state index in [-0.39, 0.29) is 34.9 Å². The lowest BCUT2D eigenvalue weighted by atomic mass is 10.2. The molecule has 2 aromatic carbocycles. The molecule has 0 radical (unpaired) electrons. The van der Waals surface area contributed by atoms with Crippen LogP contribution in [0.2, 0.25) is 0 Å². The molecular weight excluding hydrogens is 405 g/mol. The van der Waals surface area contributed by atoms with Gasteiger partial charge in [-0.15, -0.1) is 16.9 Å². The van der Waals surface area contributed by atoms with Gasteiger partial charge in [0.1, 0.15) is 5.82 Å². The summed E-state index contributed by atoms with van der Waals surface area (Å²) in [6.45, 7) is 0. The van der Waals surface area contributed by atoms with Gasteiger partial charge in [-0.05, 0) is 42.5 Å². The normalized spacial score (nSPS) is 11.4. The van der Waals surface area contributed by atoms with E-state index in [1.54, 1.807) is 24.3 Å². The van der Waals surface area contributed by atoms with Crippen LogP contribution in [0.3, 0.4) is 0 Å². The van der Waals surface area contributed by atoms with E-state index in [2.05, 4.69) is 15.5 Å². The molecule has 0 aliphatic carbocycles. The number of thioether (sulfide) groups is 1. The van der Waals surface area contributed by atoms with Crippen LogP contribution in [-0.4, -0.2) is 36.5 Å². The van der Waals surface area contributed by atoms with Crippen molar-refractivity contribution in [3.63, 3.8) is 0 Å². The van der Waals surface area contributed by atoms with Crippen LogP contribution < -0.4 is 5.32 Å². The molecule has 1 heterocycles. The molecule has 0 saturated heterocycles. The number of hydrogen-bond acceptors (Lipinski definition) is 7. The molecule has 0 fully saturated rings. The molecule has 7 nitrogen and oxygen atoms in total. The molecule has 28 heavy (non-hydrogen) atoms. The van der Waals surface area contributed by atoms with Crippen LogP contribution in [0.25, 0.3) is 11.5 Å². The van der Waals surface area contributed by atoms with E-state index in [0.717, 1.165) is 11.2 Å². The monoisotopic (exact) mass is 421 g/mol. The van der Waals surface area contributed by atoms with Gasteiger partial charge >= 0.3 is 6.01 Å². The van der Waals surface area contributed by atoms with Crippen LogP contribution in [0.15, 0.2) is 62.7 Å². The molecule has 10 heteroatoms. The third kappa shape index (κ3) is 5.40. The molecule has 0 atom stereocenters. The number of nitrogens with one attached hydrogen (secondary N) is 1. The first kappa shape index (κ1) is 20.0. The molecule has 0 aliphatic rings. The average Bonchev–Trinajstić information content (AvgIpc) is 3.11. The summed E-state index contributed by atoms with van der Waals surface area (Å²) < 4.78 is 41.5. The minimum atomic E-state index is -3.36. The van der Waals surface area contributed by atoms with Crippen molar-refractivity contribution < 1.29 is 22.0 Å². The van der Waals surface area contributed by atoms with Gasteiger partial charge < -0.3 is 4.42 Å². The van der Waals surface area contributed by atoms with Gasteiger partial charge in [-0.2, -0.15) is 0 Å². The van der Waals surface area contributed by atoms with Crippen molar-refractivity contribution in [3.05, 3.63) is 54.3 Å². The van der Waals surface area contributed by atoms with Crippen molar-refractivity contribution in [2.24, 2.45) is 0 Å². The summed E-state index contributed by atoms with van der Waals surface area (Å²) in [6.07, 6.45) is 1.30. The predicted octanol–water partition coefficient (Wildman–Crippen LogP) is 3.40. The number of amides is 1. The van der Waals surface area contributed by atoms with Gasteiger partial charge in [0.15, 0.2) is 9.84 Å².